The average molecular weight is 692 g/mol. The number of allylic oxidation sites excluding steroid dienone is 4. The Labute approximate surface area is 303 Å². The highest BCUT2D eigenvalue weighted by molar-refractivity contribution is 5.76. The predicted molar refractivity (Wildman–Crippen MR) is 209 cm³/mol. The van der Waals surface area contributed by atoms with Gasteiger partial charge in [-0.05, 0) is 77.0 Å². The lowest BCUT2D eigenvalue weighted by Gasteiger charge is -2.22. The van der Waals surface area contributed by atoms with Gasteiger partial charge in [-0.1, -0.05) is 147 Å². The molecule has 6 heteroatoms. The largest absolute Gasteiger partial charge is 0.466 e. The molecule has 3 N–H and O–H groups in total. The maximum atomic E-state index is 12.3. The average Bonchev–Trinajstić information content (AvgIpc) is 3.10. The second-order valence-corrected chi connectivity index (χ2v) is 14.3. The molecule has 0 aliphatic heterocycles. The molecule has 1 amide bonds. The quantitative estimate of drug-likeness (QED) is 0.0340. The Bertz CT molecular complexity index is 767. The van der Waals surface area contributed by atoms with Crippen LogP contribution in [0, 0.1) is 0 Å². The van der Waals surface area contributed by atoms with Gasteiger partial charge in [-0.15, -0.1) is 0 Å². The van der Waals surface area contributed by atoms with Crippen molar-refractivity contribution in [3.63, 3.8) is 0 Å². The second kappa shape index (κ2) is 39.1. The summed E-state index contributed by atoms with van der Waals surface area (Å²) >= 11 is 0. The normalized spacial score (nSPS) is 13.0. The van der Waals surface area contributed by atoms with E-state index in [0.29, 0.717) is 25.9 Å². The van der Waals surface area contributed by atoms with E-state index in [1.165, 1.54) is 103 Å². The van der Waals surface area contributed by atoms with Crippen LogP contribution in [0.4, 0.5) is 0 Å². The zero-order valence-corrected chi connectivity index (χ0v) is 32.4. The smallest absolute Gasteiger partial charge is 0.305 e. The van der Waals surface area contributed by atoms with Gasteiger partial charge in [0, 0.05) is 12.8 Å². The molecule has 0 aromatic rings. The molecular weight excluding hydrogens is 610 g/mol. The van der Waals surface area contributed by atoms with E-state index in [2.05, 4.69) is 43.5 Å². The molecule has 0 saturated heterocycles. The van der Waals surface area contributed by atoms with Crippen molar-refractivity contribution in [2.75, 3.05) is 13.2 Å². The summed E-state index contributed by atoms with van der Waals surface area (Å²) in [5.74, 6) is -0.101. The predicted octanol–water partition coefficient (Wildman–Crippen LogP) is 11.6. The summed E-state index contributed by atoms with van der Waals surface area (Å²) in [6, 6.07) is -0.557. The number of rotatable bonds is 38. The molecule has 0 saturated carbocycles. The summed E-state index contributed by atoms with van der Waals surface area (Å²) in [6.45, 7) is 4.81. The maximum Gasteiger partial charge on any atom is 0.305 e. The van der Waals surface area contributed by atoms with Crippen molar-refractivity contribution in [2.24, 2.45) is 0 Å². The van der Waals surface area contributed by atoms with E-state index in [1.807, 2.05) is 0 Å². The van der Waals surface area contributed by atoms with Gasteiger partial charge in [0.25, 0.3) is 0 Å². The topological polar surface area (TPSA) is 95.9 Å². The summed E-state index contributed by atoms with van der Waals surface area (Å²) in [7, 11) is 0. The summed E-state index contributed by atoms with van der Waals surface area (Å²) in [5, 5.41) is 23.0. The van der Waals surface area contributed by atoms with Crippen LogP contribution < -0.4 is 5.32 Å². The van der Waals surface area contributed by atoms with Gasteiger partial charge in [0.05, 0.1) is 25.4 Å². The lowest BCUT2D eigenvalue weighted by Crippen LogP contribution is -2.45. The van der Waals surface area contributed by atoms with Gasteiger partial charge >= 0.3 is 5.97 Å². The molecule has 0 fully saturated rings. The Hall–Kier alpha value is -1.66. The van der Waals surface area contributed by atoms with Crippen LogP contribution in [0.25, 0.3) is 0 Å². The van der Waals surface area contributed by atoms with Crippen LogP contribution >= 0.6 is 0 Å². The van der Waals surface area contributed by atoms with E-state index in [9.17, 15) is 19.8 Å². The molecule has 2 unspecified atom stereocenters. The van der Waals surface area contributed by atoms with Crippen LogP contribution in [-0.2, 0) is 14.3 Å². The number of esters is 1. The SMILES string of the molecule is CCCC/C=C\CCCCCCCC(=O)OCCCCC/C=C\CCCCCCCC(=O)NC(CO)C(O)CCCCCCCCCCC. The first kappa shape index (κ1) is 47.3. The molecule has 0 aromatic carbocycles. The Morgan fingerprint density at radius 2 is 0.980 bits per heavy atom. The van der Waals surface area contributed by atoms with Crippen molar-refractivity contribution >= 4 is 11.9 Å². The molecule has 0 spiro atoms. The lowest BCUT2D eigenvalue weighted by molar-refractivity contribution is -0.143. The van der Waals surface area contributed by atoms with Crippen LogP contribution in [-0.4, -0.2) is 47.4 Å². The first-order valence-corrected chi connectivity index (χ1v) is 21.1. The fourth-order valence-corrected chi connectivity index (χ4v) is 6.14. The van der Waals surface area contributed by atoms with E-state index < -0.39 is 12.1 Å². The number of hydrogen-bond donors (Lipinski definition) is 3. The molecule has 0 rings (SSSR count). The second-order valence-electron chi connectivity index (χ2n) is 14.3. The molecule has 0 aliphatic carbocycles. The highest BCUT2D eigenvalue weighted by atomic mass is 16.5. The van der Waals surface area contributed by atoms with Crippen molar-refractivity contribution in [3.8, 4) is 0 Å². The molecule has 0 aromatic heterocycles. The maximum absolute atomic E-state index is 12.3. The number of carbonyl (C=O) groups is 2. The zero-order chi connectivity index (χ0) is 35.9. The molecule has 0 aliphatic rings. The highest BCUT2D eigenvalue weighted by Crippen LogP contribution is 2.14. The fourth-order valence-electron chi connectivity index (χ4n) is 6.14. The first-order valence-electron chi connectivity index (χ1n) is 21.1. The molecule has 288 valence electrons. The van der Waals surface area contributed by atoms with Crippen LogP contribution in [0.1, 0.15) is 213 Å². The summed E-state index contributed by atoms with van der Waals surface area (Å²) < 4.78 is 5.40. The number of aliphatic hydroxyl groups excluding tert-OH is 2. The minimum Gasteiger partial charge on any atom is -0.466 e. The van der Waals surface area contributed by atoms with Gasteiger partial charge in [-0.25, -0.2) is 0 Å². The third-order valence-corrected chi connectivity index (χ3v) is 9.47. The summed E-state index contributed by atoms with van der Waals surface area (Å²) in [6.07, 6.45) is 42.7. The zero-order valence-electron chi connectivity index (χ0n) is 32.4. The van der Waals surface area contributed by atoms with Crippen LogP contribution in [0.2, 0.25) is 0 Å². The molecule has 6 nitrogen and oxygen atoms in total. The molecular formula is C43H81NO5. The number of aliphatic hydroxyl groups is 2. The van der Waals surface area contributed by atoms with Gasteiger partial charge in [0.2, 0.25) is 5.91 Å². The number of ether oxygens (including phenoxy) is 1. The van der Waals surface area contributed by atoms with Crippen molar-refractivity contribution in [1.82, 2.24) is 5.32 Å². The van der Waals surface area contributed by atoms with E-state index >= 15 is 0 Å². The number of hydrogen-bond acceptors (Lipinski definition) is 5. The molecule has 0 bridgehead atoms. The van der Waals surface area contributed by atoms with Gasteiger partial charge in [0.1, 0.15) is 0 Å². The first-order chi connectivity index (χ1) is 24.0. The van der Waals surface area contributed by atoms with Gasteiger partial charge in [0.15, 0.2) is 0 Å². The van der Waals surface area contributed by atoms with E-state index in [4.69, 9.17) is 4.74 Å². The molecule has 0 radical (unpaired) electrons. The Balaban J connectivity index is 3.53. The third-order valence-electron chi connectivity index (χ3n) is 9.47. The summed E-state index contributed by atoms with van der Waals surface area (Å²) in [4.78, 5) is 24.3. The van der Waals surface area contributed by atoms with E-state index in [1.54, 1.807) is 0 Å². The standard InChI is InChI=1S/C43H81NO5/c1-3-5-7-9-11-13-16-21-25-29-33-37-43(48)49-38-34-30-26-22-18-15-14-17-20-24-28-32-36-42(47)44-40(39-45)41(46)35-31-27-23-19-12-10-8-6-4-2/h9,11,15,18,40-41,45-46H,3-8,10,12-14,16-17,19-39H2,1-2H3,(H,44,47)/b11-9-,18-15-. The van der Waals surface area contributed by atoms with Crippen molar-refractivity contribution < 1.29 is 24.5 Å². The third kappa shape index (κ3) is 36.0. The van der Waals surface area contributed by atoms with E-state index in [0.717, 1.165) is 77.0 Å². The van der Waals surface area contributed by atoms with Gasteiger partial charge in [-0.3, -0.25) is 9.59 Å². The number of nitrogens with one attached hydrogen (secondary N) is 1. The fraction of sp³-hybridized carbons (Fsp3) is 0.860. The number of unbranched alkanes of at least 4 members (excludes halogenated alkanes) is 23. The Morgan fingerprint density at radius 1 is 0.551 bits per heavy atom. The van der Waals surface area contributed by atoms with E-state index in [-0.39, 0.29) is 18.5 Å². The molecule has 2 atom stereocenters. The molecule has 49 heavy (non-hydrogen) atoms. The number of carbonyl (C=O) groups excluding carboxylic acids is 2. The van der Waals surface area contributed by atoms with Crippen molar-refractivity contribution in [1.29, 1.82) is 0 Å². The van der Waals surface area contributed by atoms with Crippen LogP contribution in [0.5, 0.6) is 0 Å². The van der Waals surface area contributed by atoms with Crippen LogP contribution in [0.3, 0.4) is 0 Å². The minimum atomic E-state index is -0.677. The van der Waals surface area contributed by atoms with Gasteiger partial charge < -0.3 is 20.3 Å². The number of amides is 1. The Morgan fingerprint density at radius 3 is 1.51 bits per heavy atom. The minimum absolute atomic E-state index is 0.0352. The van der Waals surface area contributed by atoms with Crippen molar-refractivity contribution in [2.45, 2.75) is 225 Å². The molecule has 0 heterocycles. The monoisotopic (exact) mass is 692 g/mol. The summed E-state index contributed by atoms with van der Waals surface area (Å²) in [5.41, 5.74) is 0. The van der Waals surface area contributed by atoms with Gasteiger partial charge in [-0.2, -0.15) is 0 Å². The Kier molecular flexibility index (Phi) is 37.8. The lowest BCUT2D eigenvalue weighted by atomic mass is 10.0. The van der Waals surface area contributed by atoms with Crippen LogP contribution in [0.15, 0.2) is 24.3 Å². The highest BCUT2D eigenvalue weighted by Gasteiger charge is 2.20. The van der Waals surface area contributed by atoms with Crippen molar-refractivity contribution in [3.05, 3.63) is 24.3 Å².